The van der Waals surface area contributed by atoms with E-state index in [1.165, 1.54) is 17.0 Å². The number of phenols is 1. The monoisotopic (exact) mass is 1220 g/mol. The molecule has 5 amide bonds. The van der Waals surface area contributed by atoms with Gasteiger partial charge in [0.05, 0.1) is 73.4 Å². The minimum atomic E-state index is -0.876. The molecular weight excluding hydrogens is 1140 g/mol. The van der Waals surface area contributed by atoms with E-state index < -0.39 is 29.2 Å². The number of amides is 5. The van der Waals surface area contributed by atoms with E-state index in [2.05, 4.69) is 25.9 Å². The number of aromatic nitrogens is 3. The molecule has 86 heavy (non-hydrogen) atoms. The first kappa shape index (κ1) is 64.7. The molecule has 460 valence electrons. The van der Waals surface area contributed by atoms with Gasteiger partial charge in [0.1, 0.15) is 35.8 Å². The van der Waals surface area contributed by atoms with E-state index in [4.69, 9.17) is 35.5 Å². The number of benzene rings is 4. The second kappa shape index (κ2) is 30.3. The highest BCUT2D eigenvalue weighted by atomic mass is 35.5. The van der Waals surface area contributed by atoms with Crippen molar-refractivity contribution in [2.24, 2.45) is 5.41 Å². The summed E-state index contributed by atoms with van der Waals surface area (Å²) in [7, 11) is 3.34. The van der Waals surface area contributed by atoms with E-state index in [0.29, 0.717) is 113 Å². The number of phenolic OH excluding ortho intramolecular Hbond substituents is 1. The van der Waals surface area contributed by atoms with Gasteiger partial charge in [0.2, 0.25) is 35.5 Å². The van der Waals surface area contributed by atoms with E-state index in [9.17, 15) is 29.1 Å². The van der Waals surface area contributed by atoms with Crippen molar-refractivity contribution < 1.29 is 52.4 Å². The number of carbonyl (C=O) groups is 5. The average Bonchev–Trinajstić information content (AvgIpc) is 1.03. The molecular formula is C63H78ClFN10O10S. The molecule has 0 radical (unpaired) electrons. The van der Waals surface area contributed by atoms with Crippen molar-refractivity contribution in [3.05, 3.63) is 106 Å². The molecule has 0 aliphatic carbocycles. The van der Waals surface area contributed by atoms with Gasteiger partial charge < -0.3 is 59.6 Å². The van der Waals surface area contributed by atoms with Crippen molar-refractivity contribution in [3.63, 3.8) is 0 Å². The van der Waals surface area contributed by atoms with Crippen LogP contribution in [-0.2, 0) is 42.9 Å². The smallest absolute Gasteiger partial charge is 0.246 e. The van der Waals surface area contributed by atoms with Gasteiger partial charge in [-0.15, -0.1) is 11.3 Å². The summed E-state index contributed by atoms with van der Waals surface area (Å²) in [5.41, 5.74) is 4.68. The molecule has 4 aromatic carbocycles. The second-order valence-corrected chi connectivity index (χ2v) is 23.8. The van der Waals surface area contributed by atoms with E-state index in [0.717, 1.165) is 21.7 Å². The molecule has 23 heteroatoms. The molecule has 20 nitrogen and oxygen atoms in total. The Balaban J connectivity index is 0.701. The van der Waals surface area contributed by atoms with Crippen LogP contribution in [0.15, 0.2) is 84.4 Å². The number of likely N-dealkylation sites (tertiary alicyclic amines) is 1. The fourth-order valence-electron chi connectivity index (χ4n) is 10.4. The number of rotatable bonds is 27. The van der Waals surface area contributed by atoms with Crippen LogP contribution in [-0.4, -0.2) is 183 Å². The summed E-state index contributed by atoms with van der Waals surface area (Å²) in [6.07, 6.45) is 5.19. The highest BCUT2D eigenvalue weighted by Gasteiger charge is 2.42. The fraction of sp³-hybridized carbons (Fsp3) is 0.460. The van der Waals surface area contributed by atoms with Gasteiger partial charge in [0.15, 0.2) is 5.82 Å². The third-order valence-electron chi connectivity index (χ3n) is 15.1. The number of nitrogens with one attached hydrogen (secondary N) is 3. The molecule has 0 bridgehead atoms. The van der Waals surface area contributed by atoms with Crippen molar-refractivity contribution >= 4 is 85.9 Å². The van der Waals surface area contributed by atoms with Crippen molar-refractivity contribution in [3.8, 4) is 27.3 Å². The summed E-state index contributed by atoms with van der Waals surface area (Å²) in [5, 5.41) is 21.6. The Morgan fingerprint density at radius 3 is 2.23 bits per heavy atom. The number of anilines is 2. The predicted octanol–water partition coefficient (Wildman–Crippen LogP) is 8.33. The second-order valence-electron chi connectivity index (χ2n) is 22.6. The molecule has 6 aromatic rings. The number of hydrogen-bond acceptors (Lipinski definition) is 16. The number of hydrogen-bond donors (Lipinski definition) is 4. The van der Waals surface area contributed by atoms with Crippen molar-refractivity contribution in [1.29, 1.82) is 0 Å². The van der Waals surface area contributed by atoms with Crippen LogP contribution in [0.5, 0.6) is 5.75 Å². The molecule has 8 rings (SSSR count). The number of aromatic hydroxyl groups is 1. The SMILES string of the molecule is Cc1ncsc1-c1ccc([C@H](C)NC(=O)[C@@H]2CCCN2C(=O)[C@@H](NC(=O)COCCOCCOCCOCC/C=C/C(=O)N2CCN(c3nc(NCCC(=O)N(C)C)nc4c(F)c(-c5cc(O)cc6ccccc56)c(Cl)cc34)CC2)C(C)(C)C)cc1. The van der Waals surface area contributed by atoms with Crippen LogP contribution in [0.2, 0.25) is 5.02 Å². The summed E-state index contributed by atoms with van der Waals surface area (Å²) >= 11 is 8.49. The molecule has 2 saturated heterocycles. The molecule has 2 fully saturated rings. The number of aryl methyl sites for hydroxylation is 1. The molecule has 2 aliphatic rings. The Morgan fingerprint density at radius 2 is 1.56 bits per heavy atom. The predicted molar refractivity (Wildman–Crippen MR) is 332 cm³/mol. The summed E-state index contributed by atoms with van der Waals surface area (Å²) in [5.74, 6) is -1.40. The first-order valence-corrected chi connectivity index (χ1v) is 30.3. The summed E-state index contributed by atoms with van der Waals surface area (Å²) in [4.78, 5) is 87.9. The normalized spacial score (nSPS) is 15.4. The lowest BCUT2D eigenvalue weighted by atomic mass is 9.85. The maximum atomic E-state index is 17.0. The van der Waals surface area contributed by atoms with Gasteiger partial charge in [-0.3, -0.25) is 24.0 Å². The summed E-state index contributed by atoms with van der Waals surface area (Å²) < 4.78 is 39.4. The van der Waals surface area contributed by atoms with Gasteiger partial charge in [0, 0.05) is 70.7 Å². The minimum absolute atomic E-state index is 0.0131. The quantitative estimate of drug-likeness (QED) is 0.0281. The first-order valence-electron chi connectivity index (χ1n) is 29.1. The lowest BCUT2D eigenvalue weighted by Gasteiger charge is -2.35. The fourth-order valence-corrected chi connectivity index (χ4v) is 11.5. The molecule has 0 unspecified atom stereocenters. The van der Waals surface area contributed by atoms with E-state index in [1.807, 2.05) is 93.6 Å². The van der Waals surface area contributed by atoms with Gasteiger partial charge in [-0.2, -0.15) is 4.98 Å². The van der Waals surface area contributed by atoms with Crippen molar-refractivity contribution in [1.82, 2.24) is 40.3 Å². The molecule has 2 aromatic heterocycles. The number of fused-ring (bicyclic) bond motifs is 2. The lowest BCUT2D eigenvalue weighted by Crippen LogP contribution is -2.58. The van der Waals surface area contributed by atoms with Crippen LogP contribution >= 0.6 is 22.9 Å². The summed E-state index contributed by atoms with van der Waals surface area (Å²) in [6.45, 7) is 13.5. The zero-order valence-electron chi connectivity index (χ0n) is 50.0. The third-order valence-corrected chi connectivity index (χ3v) is 16.3. The van der Waals surface area contributed by atoms with Gasteiger partial charge in [-0.1, -0.05) is 87.0 Å². The zero-order chi connectivity index (χ0) is 61.5. The number of halogens is 2. The molecule has 0 saturated carbocycles. The number of carbonyl (C=O) groups excluding carboxylic acids is 5. The van der Waals surface area contributed by atoms with Crippen molar-refractivity contribution in [2.45, 2.75) is 78.4 Å². The maximum Gasteiger partial charge on any atom is 0.246 e. The highest BCUT2D eigenvalue weighted by Crippen LogP contribution is 2.42. The Hall–Kier alpha value is -7.34. The van der Waals surface area contributed by atoms with Crippen LogP contribution in [0.3, 0.4) is 0 Å². The Labute approximate surface area is 510 Å². The average molecular weight is 1220 g/mol. The Bertz CT molecular complexity index is 3370. The van der Waals surface area contributed by atoms with Crippen LogP contribution in [0, 0.1) is 18.2 Å². The lowest BCUT2D eigenvalue weighted by molar-refractivity contribution is -0.144. The van der Waals surface area contributed by atoms with Crippen LogP contribution in [0.4, 0.5) is 16.2 Å². The minimum Gasteiger partial charge on any atom is -0.508 e. The van der Waals surface area contributed by atoms with Gasteiger partial charge in [0.25, 0.3) is 0 Å². The Kier molecular flexibility index (Phi) is 22.8. The van der Waals surface area contributed by atoms with E-state index in [-0.39, 0.29) is 90.3 Å². The number of thiazole rings is 1. The van der Waals surface area contributed by atoms with E-state index >= 15 is 4.39 Å². The third kappa shape index (κ3) is 16.8. The number of nitrogens with zero attached hydrogens (tertiary/aromatic N) is 7. The molecule has 3 atom stereocenters. The highest BCUT2D eigenvalue weighted by molar-refractivity contribution is 7.13. The molecule has 2 aliphatic heterocycles. The zero-order valence-corrected chi connectivity index (χ0v) is 51.5. The number of ether oxygens (including phenoxy) is 4. The summed E-state index contributed by atoms with van der Waals surface area (Å²) in [6, 6.07) is 18.3. The van der Waals surface area contributed by atoms with Crippen molar-refractivity contribution in [2.75, 3.05) is 116 Å². The van der Waals surface area contributed by atoms with Gasteiger partial charge >= 0.3 is 0 Å². The van der Waals surface area contributed by atoms with Crippen LogP contribution in [0.25, 0.3) is 43.2 Å². The largest absolute Gasteiger partial charge is 0.508 e. The molecule has 4 heterocycles. The standard InChI is InChI=1S/C63H78ClFN10O10S/c1-40(42-17-19-43(20-18-42)57-41(2)67-39-86-57)68-60(80)50-15-12-23-75(50)61(81)58(63(3,4)5)69-51(77)38-85-34-33-84-32-31-83-30-29-82-28-11-10-16-53(79)73-24-26-74(27-25-73)59-48-37-49(64)54(47-36-45(76)35-44-13-8-9-14-46(44)47)55(65)56(48)70-62(71-59)66-22-21-52(78)72(6)7/h8-10,13-14,16-20,35-37,39-40,50,58,76H,11-12,15,21-34,38H2,1-7H3,(H,68,80)(H,69,77)(H,66,70,71)/b16-10+/t40-,50-,58+/m0/s1. The topological polar surface area (TPSA) is 230 Å². The van der Waals surface area contributed by atoms with Gasteiger partial charge in [-0.25, -0.2) is 14.4 Å². The van der Waals surface area contributed by atoms with Crippen LogP contribution in [0.1, 0.15) is 70.7 Å². The molecule has 0 spiro atoms. The first-order chi connectivity index (χ1) is 41.3. The van der Waals surface area contributed by atoms with Crippen LogP contribution < -0.4 is 20.9 Å². The Morgan fingerprint density at radius 1 is 0.872 bits per heavy atom. The maximum absolute atomic E-state index is 17.0. The van der Waals surface area contributed by atoms with Gasteiger partial charge in [-0.05, 0) is 90.3 Å². The number of piperazine rings is 1. The molecule has 4 N–H and O–H groups in total. The van der Waals surface area contributed by atoms with E-state index in [1.54, 1.807) is 53.4 Å².